The Hall–Kier alpha value is -2.43. The van der Waals surface area contributed by atoms with Crippen molar-refractivity contribution in [3.8, 4) is 0 Å². The summed E-state index contributed by atoms with van der Waals surface area (Å²) in [6, 6.07) is 8.38. The second-order valence-electron chi connectivity index (χ2n) is 3.18. The van der Waals surface area contributed by atoms with E-state index in [2.05, 4.69) is 4.98 Å². The standard InChI is InChI=1S/C11H8N2O3/c14-9(7-4-2-1-3-5-7)8-6-12-11(16)13-10(8)15/h1-6H,(H2,12,13,15,16). The first-order valence-electron chi connectivity index (χ1n) is 4.60. The molecule has 5 nitrogen and oxygen atoms in total. The highest BCUT2D eigenvalue weighted by atomic mass is 16.2. The van der Waals surface area contributed by atoms with Gasteiger partial charge >= 0.3 is 5.69 Å². The van der Waals surface area contributed by atoms with Gasteiger partial charge in [0.1, 0.15) is 5.56 Å². The Balaban J connectivity index is 2.51. The van der Waals surface area contributed by atoms with Crippen LogP contribution in [0.15, 0.2) is 46.1 Å². The quantitative estimate of drug-likeness (QED) is 0.708. The van der Waals surface area contributed by atoms with Gasteiger partial charge in [0.05, 0.1) is 0 Å². The minimum Gasteiger partial charge on any atom is -0.313 e. The van der Waals surface area contributed by atoms with Crippen molar-refractivity contribution in [2.75, 3.05) is 0 Å². The van der Waals surface area contributed by atoms with Crippen LogP contribution in [-0.2, 0) is 0 Å². The minimum atomic E-state index is -0.683. The van der Waals surface area contributed by atoms with Crippen molar-refractivity contribution in [3.63, 3.8) is 0 Å². The largest absolute Gasteiger partial charge is 0.325 e. The summed E-state index contributed by atoms with van der Waals surface area (Å²) in [4.78, 5) is 38.2. The van der Waals surface area contributed by atoms with Gasteiger partial charge in [0.25, 0.3) is 5.56 Å². The molecular formula is C11H8N2O3. The van der Waals surface area contributed by atoms with Crippen LogP contribution in [0.4, 0.5) is 0 Å². The molecule has 2 aromatic rings. The molecule has 1 aromatic carbocycles. The molecule has 2 N–H and O–H groups in total. The summed E-state index contributed by atoms with van der Waals surface area (Å²) in [5, 5.41) is 0. The van der Waals surface area contributed by atoms with Gasteiger partial charge in [-0.2, -0.15) is 0 Å². The van der Waals surface area contributed by atoms with Gasteiger partial charge in [-0.15, -0.1) is 0 Å². The molecule has 0 aliphatic carbocycles. The smallest absolute Gasteiger partial charge is 0.313 e. The number of hydrogen-bond acceptors (Lipinski definition) is 3. The maximum Gasteiger partial charge on any atom is 0.325 e. The molecule has 80 valence electrons. The molecule has 2 rings (SSSR count). The maximum atomic E-state index is 11.8. The number of hydrogen-bond donors (Lipinski definition) is 2. The number of nitrogens with one attached hydrogen (secondary N) is 2. The average molecular weight is 216 g/mol. The molecule has 1 heterocycles. The van der Waals surface area contributed by atoms with Crippen LogP contribution in [0.5, 0.6) is 0 Å². The van der Waals surface area contributed by atoms with Gasteiger partial charge < -0.3 is 4.98 Å². The molecule has 0 radical (unpaired) electrons. The molecule has 0 saturated carbocycles. The fourth-order valence-electron chi connectivity index (χ4n) is 1.32. The highest BCUT2D eigenvalue weighted by Crippen LogP contribution is 2.03. The van der Waals surface area contributed by atoms with E-state index in [-0.39, 0.29) is 5.56 Å². The topological polar surface area (TPSA) is 82.8 Å². The Morgan fingerprint density at radius 3 is 2.38 bits per heavy atom. The lowest BCUT2D eigenvalue weighted by Gasteiger charge is -1.98. The van der Waals surface area contributed by atoms with Crippen molar-refractivity contribution in [1.29, 1.82) is 0 Å². The fraction of sp³-hybridized carbons (Fsp3) is 0. The van der Waals surface area contributed by atoms with Crippen LogP contribution in [0.3, 0.4) is 0 Å². The number of benzene rings is 1. The SMILES string of the molecule is O=C(c1ccccc1)c1c[nH]c(=O)[nH]c1=O. The summed E-state index contributed by atoms with van der Waals surface area (Å²) in [6.45, 7) is 0. The van der Waals surface area contributed by atoms with Crippen molar-refractivity contribution < 1.29 is 4.79 Å². The summed E-state index contributed by atoms with van der Waals surface area (Å²) < 4.78 is 0. The zero-order chi connectivity index (χ0) is 11.5. The van der Waals surface area contributed by atoms with Crippen molar-refractivity contribution in [1.82, 2.24) is 9.97 Å². The van der Waals surface area contributed by atoms with Crippen molar-refractivity contribution >= 4 is 5.78 Å². The van der Waals surface area contributed by atoms with E-state index in [0.717, 1.165) is 6.20 Å². The van der Waals surface area contributed by atoms with E-state index in [4.69, 9.17) is 0 Å². The summed E-state index contributed by atoms with van der Waals surface area (Å²) in [5.74, 6) is -0.418. The van der Waals surface area contributed by atoms with Crippen LogP contribution in [0.25, 0.3) is 0 Å². The van der Waals surface area contributed by atoms with E-state index >= 15 is 0 Å². The highest BCUT2D eigenvalue weighted by molar-refractivity contribution is 6.08. The van der Waals surface area contributed by atoms with Crippen LogP contribution < -0.4 is 11.2 Å². The molecule has 0 saturated heterocycles. The van der Waals surface area contributed by atoms with Crippen molar-refractivity contribution in [2.45, 2.75) is 0 Å². The van der Waals surface area contributed by atoms with E-state index in [1.54, 1.807) is 30.3 Å². The van der Waals surface area contributed by atoms with Gasteiger partial charge in [0.15, 0.2) is 5.78 Å². The molecule has 0 unspecified atom stereocenters. The summed E-state index contributed by atoms with van der Waals surface area (Å²) >= 11 is 0. The van der Waals surface area contributed by atoms with E-state index in [1.165, 1.54) is 0 Å². The van der Waals surface area contributed by atoms with E-state index in [1.807, 2.05) is 4.98 Å². The number of carbonyl (C=O) groups is 1. The number of aromatic nitrogens is 2. The lowest BCUT2D eigenvalue weighted by Crippen LogP contribution is -2.27. The third-order valence-corrected chi connectivity index (χ3v) is 2.10. The highest BCUT2D eigenvalue weighted by Gasteiger charge is 2.12. The molecule has 0 atom stereocenters. The molecule has 1 aromatic heterocycles. The third-order valence-electron chi connectivity index (χ3n) is 2.10. The number of aromatic amines is 2. The second kappa shape index (κ2) is 3.98. The number of rotatable bonds is 2. The van der Waals surface area contributed by atoms with E-state index in [9.17, 15) is 14.4 Å². The Morgan fingerprint density at radius 1 is 1.06 bits per heavy atom. The van der Waals surface area contributed by atoms with Gasteiger partial charge in [0, 0.05) is 11.8 Å². The van der Waals surface area contributed by atoms with Gasteiger partial charge in [-0.1, -0.05) is 30.3 Å². The predicted molar refractivity (Wildman–Crippen MR) is 57.6 cm³/mol. The first-order chi connectivity index (χ1) is 7.68. The Labute approximate surface area is 89.8 Å². The van der Waals surface area contributed by atoms with E-state index in [0.29, 0.717) is 5.56 Å². The van der Waals surface area contributed by atoms with Crippen LogP contribution >= 0.6 is 0 Å². The van der Waals surface area contributed by atoms with E-state index < -0.39 is 17.0 Å². The normalized spacial score (nSPS) is 10.0. The lowest BCUT2D eigenvalue weighted by atomic mass is 10.1. The number of H-pyrrole nitrogens is 2. The molecule has 0 aliphatic rings. The first kappa shape index (κ1) is 10.1. The van der Waals surface area contributed by atoms with Crippen LogP contribution in [0, 0.1) is 0 Å². The number of carbonyl (C=O) groups excluding carboxylic acids is 1. The molecule has 0 aliphatic heterocycles. The minimum absolute atomic E-state index is 0.0780. The van der Waals surface area contributed by atoms with Crippen molar-refractivity contribution in [3.05, 3.63) is 68.5 Å². The van der Waals surface area contributed by atoms with Gasteiger partial charge in [-0.3, -0.25) is 14.6 Å². The first-order valence-corrected chi connectivity index (χ1v) is 4.60. The summed E-state index contributed by atoms with van der Waals surface area (Å²) in [6.07, 6.45) is 1.12. The number of ketones is 1. The van der Waals surface area contributed by atoms with Gasteiger partial charge in [-0.25, -0.2) is 4.79 Å². The molecule has 0 fully saturated rings. The van der Waals surface area contributed by atoms with Crippen molar-refractivity contribution in [2.24, 2.45) is 0 Å². The molecule has 0 spiro atoms. The molecule has 16 heavy (non-hydrogen) atoms. The zero-order valence-corrected chi connectivity index (χ0v) is 8.19. The Kier molecular flexibility index (Phi) is 2.51. The zero-order valence-electron chi connectivity index (χ0n) is 8.19. The van der Waals surface area contributed by atoms with Crippen LogP contribution in [-0.4, -0.2) is 15.8 Å². The molecular weight excluding hydrogens is 208 g/mol. The lowest BCUT2D eigenvalue weighted by molar-refractivity contribution is 0.103. The van der Waals surface area contributed by atoms with Crippen LogP contribution in [0.1, 0.15) is 15.9 Å². The predicted octanol–water partition coefficient (Wildman–Crippen LogP) is 0.294. The van der Waals surface area contributed by atoms with Crippen LogP contribution in [0.2, 0.25) is 0 Å². The monoisotopic (exact) mass is 216 g/mol. The summed E-state index contributed by atoms with van der Waals surface area (Å²) in [5.41, 5.74) is -0.988. The maximum absolute atomic E-state index is 11.8. The Morgan fingerprint density at radius 2 is 1.75 bits per heavy atom. The molecule has 5 heteroatoms. The molecule has 0 bridgehead atoms. The third kappa shape index (κ3) is 1.83. The second-order valence-corrected chi connectivity index (χ2v) is 3.18. The van der Waals surface area contributed by atoms with Gasteiger partial charge in [-0.05, 0) is 0 Å². The average Bonchev–Trinajstić information content (AvgIpc) is 2.29. The molecule has 0 amide bonds. The fourth-order valence-corrected chi connectivity index (χ4v) is 1.32. The summed E-state index contributed by atoms with van der Waals surface area (Å²) in [7, 11) is 0. The van der Waals surface area contributed by atoms with Gasteiger partial charge in [0.2, 0.25) is 0 Å². The Bertz CT molecular complexity index is 625.